The maximum absolute atomic E-state index is 5.68. The summed E-state index contributed by atoms with van der Waals surface area (Å²) in [6, 6.07) is 14.6. The Morgan fingerprint density at radius 3 is 2.83 bits per heavy atom. The number of hydrogen-bond donors (Lipinski definition) is 3. The lowest BCUT2D eigenvalue weighted by molar-refractivity contribution is 0.146. The molecule has 0 spiro atoms. The summed E-state index contributed by atoms with van der Waals surface area (Å²) in [7, 11) is 1.67. The highest BCUT2D eigenvalue weighted by atomic mass is 16.5. The molecule has 0 atom stereocenters. The number of hydrogen-bond acceptors (Lipinski definition) is 3. The van der Waals surface area contributed by atoms with Crippen LogP contribution < -0.4 is 15.4 Å². The summed E-state index contributed by atoms with van der Waals surface area (Å²) in [5.41, 5.74) is 4.88. The van der Waals surface area contributed by atoms with Gasteiger partial charge < -0.3 is 25.1 Å². The minimum atomic E-state index is 0.542. The van der Waals surface area contributed by atoms with Crippen LogP contribution in [0.15, 0.2) is 53.7 Å². The largest absolute Gasteiger partial charge is 0.491 e. The summed E-state index contributed by atoms with van der Waals surface area (Å²) in [5, 5.41) is 8.04. The topological polar surface area (TPSA) is 70.7 Å². The molecule has 1 aromatic heterocycles. The highest BCUT2D eigenvalue weighted by Gasteiger charge is 2.05. The van der Waals surface area contributed by atoms with Crippen LogP contribution in [0.25, 0.3) is 10.9 Å². The molecule has 0 saturated heterocycles. The molecule has 0 amide bonds. The van der Waals surface area contributed by atoms with E-state index in [9.17, 15) is 0 Å². The van der Waals surface area contributed by atoms with Gasteiger partial charge in [-0.3, -0.25) is 0 Å². The summed E-state index contributed by atoms with van der Waals surface area (Å²) < 4.78 is 10.7. The number of H-pyrrole nitrogens is 1. The first-order chi connectivity index (χ1) is 14.7. The number of methoxy groups -OCH3 is 1. The van der Waals surface area contributed by atoms with E-state index < -0.39 is 0 Å². The maximum atomic E-state index is 5.68. The smallest absolute Gasteiger partial charge is 0.191 e. The molecule has 6 nitrogen and oxygen atoms in total. The van der Waals surface area contributed by atoms with E-state index in [1.165, 1.54) is 22.0 Å². The molecule has 2 aromatic carbocycles. The van der Waals surface area contributed by atoms with E-state index in [1.54, 1.807) is 7.11 Å². The average molecular weight is 409 g/mol. The van der Waals surface area contributed by atoms with Crippen molar-refractivity contribution in [2.45, 2.75) is 26.8 Å². The van der Waals surface area contributed by atoms with Crippen LogP contribution in [-0.2, 0) is 17.7 Å². The molecule has 0 aliphatic heterocycles. The lowest BCUT2D eigenvalue weighted by atomic mass is 10.1. The van der Waals surface area contributed by atoms with Gasteiger partial charge in [-0.2, -0.15) is 0 Å². The fourth-order valence-electron chi connectivity index (χ4n) is 3.31. The molecule has 6 heteroatoms. The van der Waals surface area contributed by atoms with Gasteiger partial charge in [-0.25, -0.2) is 4.99 Å². The van der Waals surface area contributed by atoms with E-state index in [0.717, 1.165) is 36.8 Å². The maximum Gasteiger partial charge on any atom is 0.191 e. The number of fused-ring (bicyclic) bond motifs is 1. The van der Waals surface area contributed by atoms with Gasteiger partial charge in [0.15, 0.2) is 5.96 Å². The zero-order valence-electron chi connectivity index (χ0n) is 18.1. The van der Waals surface area contributed by atoms with E-state index in [2.05, 4.69) is 59.9 Å². The van der Waals surface area contributed by atoms with Crippen molar-refractivity contribution in [3.63, 3.8) is 0 Å². The number of benzene rings is 2. The Morgan fingerprint density at radius 1 is 1.10 bits per heavy atom. The normalized spacial score (nSPS) is 11.6. The van der Waals surface area contributed by atoms with Crippen LogP contribution >= 0.6 is 0 Å². The van der Waals surface area contributed by atoms with Gasteiger partial charge in [0.1, 0.15) is 12.4 Å². The molecule has 0 saturated carbocycles. The van der Waals surface area contributed by atoms with Gasteiger partial charge in [0.05, 0.1) is 13.2 Å². The lowest BCUT2D eigenvalue weighted by Crippen LogP contribution is -2.38. The minimum absolute atomic E-state index is 0.542. The van der Waals surface area contributed by atoms with Gasteiger partial charge in [-0.15, -0.1) is 0 Å². The summed E-state index contributed by atoms with van der Waals surface area (Å²) >= 11 is 0. The Balaban J connectivity index is 1.56. The van der Waals surface area contributed by atoms with Crippen molar-refractivity contribution in [2.24, 2.45) is 4.99 Å². The van der Waals surface area contributed by atoms with Gasteiger partial charge >= 0.3 is 0 Å². The van der Waals surface area contributed by atoms with Crippen molar-refractivity contribution in [3.8, 4) is 5.75 Å². The molecule has 1 heterocycles. The van der Waals surface area contributed by atoms with E-state index in [4.69, 9.17) is 14.5 Å². The minimum Gasteiger partial charge on any atom is -0.491 e. The Morgan fingerprint density at radius 2 is 2.00 bits per heavy atom. The molecule has 0 fully saturated rings. The monoisotopic (exact) mass is 408 g/mol. The average Bonchev–Trinajstić information content (AvgIpc) is 3.14. The predicted molar refractivity (Wildman–Crippen MR) is 123 cm³/mol. The number of nitrogens with one attached hydrogen (secondary N) is 3. The first-order valence-corrected chi connectivity index (χ1v) is 10.5. The summed E-state index contributed by atoms with van der Waals surface area (Å²) in [6.45, 7) is 7.52. The molecule has 30 heavy (non-hydrogen) atoms. The second-order valence-corrected chi connectivity index (χ2v) is 7.22. The molecule has 3 aromatic rings. The highest BCUT2D eigenvalue weighted by Crippen LogP contribution is 2.19. The highest BCUT2D eigenvalue weighted by molar-refractivity contribution is 5.84. The number of aryl methyl sites for hydroxylation is 1. The lowest BCUT2D eigenvalue weighted by Gasteiger charge is -2.11. The Labute approximate surface area is 178 Å². The zero-order chi connectivity index (χ0) is 21.2. The third-order valence-electron chi connectivity index (χ3n) is 4.83. The van der Waals surface area contributed by atoms with Gasteiger partial charge in [0.2, 0.25) is 0 Å². The molecular weight excluding hydrogens is 376 g/mol. The molecule has 0 radical (unpaired) electrons. The Bertz CT molecular complexity index is 965. The molecule has 0 unspecified atom stereocenters. The van der Waals surface area contributed by atoms with Crippen LogP contribution in [0.2, 0.25) is 0 Å². The predicted octanol–water partition coefficient (Wildman–Crippen LogP) is 3.80. The van der Waals surface area contributed by atoms with Gasteiger partial charge in [-0.05, 0) is 55.2 Å². The molecule has 0 bridgehead atoms. The number of guanidine groups is 1. The number of aromatic nitrogens is 1. The van der Waals surface area contributed by atoms with E-state index in [0.29, 0.717) is 19.8 Å². The zero-order valence-corrected chi connectivity index (χ0v) is 18.1. The van der Waals surface area contributed by atoms with Crippen molar-refractivity contribution in [1.29, 1.82) is 0 Å². The second kappa shape index (κ2) is 11.3. The van der Waals surface area contributed by atoms with E-state index in [1.807, 2.05) is 18.2 Å². The van der Waals surface area contributed by atoms with Crippen LogP contribution in [0.4, 0.5) is 0 Å². The van der Waals surface area contributed by atoms with E-state index in [-0.39, 0.29) is 0 Å². The number of rotatable bonds is 10. The molecule has 0 aliphatic carbocycles. The van der Waals surface area contributed by atoms with Crippen LogP contribution in [0.3, 0.4) is 0 Å². The molecule has 3 N–H and O–H groups in total. The first-order valence-electron chi connectivity index (χ1n) is 10.5. The fourth-order valence-corrected chi connectivity index (χ4v) is 3.31. The molecule has 3 rings (SSSR count). The fraction of sp³-hybridized carbons (Fsp3) is 0.375. The van der Waals surface area contributed by atoms with Crippen molar-refractivity contribution >= 4 is 16.9 Å². The number of nitrogens with zero attached hydrogens (tertiary/aromatic N) is 1. The standard InChI is InChI=1S/C24H32N4O2/c1-4-25-24(28-16-19-6-5-7-21(15-19)30-13-12-29-3)26-11-10-20-17-27-23-14-18(2)8-9-22(20)23/h5-9,14-15,17,27H,4,10-13,16H2,1-3H3,(H2,25,26,28). The third kappa shape index (κ3) is 6.26. The second-order valence-electron chi connectivity index (χ2n) is 7.22. The Kier molecular flexibility index (Phi) is 8.15. The van der Waals surface area contributed by atoms with Crippen LogP contribution in [0.5, 0.6) is 5.75 Å². The molecule has 0 aliphatic rings. The van der Waals surface area contributed by atoms with Gasteiger partial charge in [-0.1, -0.05) is 24.3 Å². The van der Waals surface area contributed by atoms with E-state index >= 15 is 0 Å². The van der Waals surface area contributed by atoms with Crippen molar-refractivity contribution in [3.05, 3.63) is 65.4 Å². The van der Waals surface area contributed by atoms with Crippen molar-refractivity contribution < 1.29 is 9.47 Å². The quantitative estimate of drug-likeness (QED) is 0.271. The number of ether oxygens (including phenoxy) is 2. The van der Waals surface area contributed by atoms with Gasteiger partial charge in [0, 0.05) is 37.3 Å². The van der Waals surface area contributed by atoms with Crippen LogP contribution in [-0.4, -0.2) is 44.4 Å². The first kappa shape index (κ1) is 21.7. The summed E-state index contributed by atoms with van der Waals surface area (Å²) in [4.78, 5) is 8.09. The summed E-state index contributed by atoms with van der Waals surface area (Å²) in [6.07, 6.45) is 3.03. The van der Waals surface area contributed by atoms with Crippen LogP contribution in [0, 0.1) is 6.92 Å². The number of aromatic amines is 1. The summed E-state index contributed by atoms with van der Waals surface area (Å²) in [5.74, 6) is 1.66. The SMILES string of the molecule is CCNC(=NCc1cccc(OCCOC)c1)NCCc1c[nH]c2cc(C)ccc12. The van der Waals surface area contributed by atoms with Crippen molar-refractivity contribution in [1.82, 2.24) is 15.6 Å². The molecule has 160 valence electrons. The Hall–Kier alpha value is -2.99. The van der Waals surface area contributed by atoms with Gasteiger partial charge in [0.25, 0.3) is 0 Å². The van der Waals surface area contributed by atoms with Crippen molar-refractivity contribution in [2.75, 3.05) is 33.4 Å². The third-order valence-corrected chi connectivity index (χ3v) is 4.83. The number of aliphatic imine (C=N–C) groups is 1. The molecular formula is C24H32N4O2. The van der Waals surface area contributed by atoms with Crippen LogP contribution in [0.1, 0.15) is 23.6 Å².